The summed E-state index contributed by atoms with van der Waals surface area (Å²) in [4.78, 5) is 3.93. The van der Waals surface area contributed by atoms with Gasteiger partial charge in [0, 0.05) is 6.04 Å². The van der Waals surface area contributed by atoms with Crippen LogP contribution < -0.4 is 5.73 Å². The van der Waals surface area contributed by atoms with Gasteiger partial charge in [0.2, 0.25) is 5.89 Å². The second kappa shape index (κ2) is 5.21. The molecule has 0 radical (unpaired) electrons. The van der Waals surface area contributed by atoms with Crippen LogP contribution in [0.25, 0.3) is 0 Å². The number of nitrogens with zero attached hydrogens (tertiary/aromatic N) is 2. The fourth-order valence-corrected chi connectivity index (χ4v) is 1.56. The molecule has 0 aliphatic carbocycles. The van der Waals surface area contributed by atoms with E-state index in [4.69, 9.17) is 15.0 Å². The van der Waals surface area contributed by atoms with Crippen molar-refractivity contribution in [2.45, 2.75) is 24.7 Å². The van der Waals surface area contributed by atoms with Gasteiger partial charge in [-0.1, -0.05) is 5.16 Å². The van der Waals surface area contributed by atoms with Gasteiger partial charge in [0.25, 0.3) is 0 Å². The van der Waals surface area contributed by atoms with Crippen LogP contribution in [0.2, 0.25) is 0 Å². The Balaban J connectivity index is 1.86. The van der Waals surface area contributed by atoms with Crippen molar-refractivity contribution in [3.63, 3.8) is 0 Å². The normalized spacial score (nSPS) is 24.7. The SMILES string of the molecule is NC1COCC1c1nc(COCC(F)(F)F)no1. The smallest absolute Gasteiger partial charge is 0.379 e. The van der Waals surface area contributed by atoms with Crippen LogP contribution in [0, 0.1) is 0 Å². The van der Waals surface area contributed by atoms with Crippen molar-refractivity contribution in [2.75, 3.05) is 19.8 Å². The molecule has 0 spiro atoms. The van der Waals surface area contributed by atoms with E-state index in [2.05, 4.69) is 14.9 Å². The Kier molecular flexibility index (Phi) is 3.83. The molecule has 9 heteroatoms. The Bertz CT molecular complexity index is 396. The Morgan fingerprint density at radius 1 is 1.39 bits per heavy atom. The van der Waals surface area contributed by atoms with E-state index in [9.17, 15) is 13.2 Å². The highest BCUT2D eigenvalue weighted by Gasteiger charge is 2.32. The zero-order valence-corrected chi connectivity index (χ0v) is 9.31. The maximum absolute atomic E-state index is 11.8. The summed E-state index contributed by atoms with van der Waals surface area (Å²) in [7, 11) is 0. The summed E-state index contributed by atoms with van der Waals surface area (Å²) in [6.07, 6.45) is -4.37. The molecule has 2 rings (SSSR count). The minimum Gasteiger partial charge on any atom is -0.379 e. The molecule has 18 heavy (non-hydrogen) atoms. The molecular weight excluding hydrogens is 255 g/mol. The van der Waals surface area contributed by atoms with E-state index in [0.29, 0.717) is 13.2 Å². The van der Waals surface area contributed by atoms with Crippen molar-refractivity contribution >= 4 is 0 Å². The summed E-state index contributed by atoms with van der Waals surface area (Å²) in [6, 6.07) is -0.241. The quantitative estimate of drug-likeness (QED) is 0.859. The largest absolute Gasteiger partial charge is 0.411 e. The lowest BCUT2D eigenvalue weighted by molar-refractivity contribution is -0.177. The van der Waals surface area contributed by atoms with Crippen LogP contribution in [0.3, 0.4) is 0 Å². The maximum atomic E-state index is 11.8. The van der Waals surface area contributed by atoms with Gasteiger partial charge < -0.3 is 19.7 Å². The molecule has 102 valence electrons. The zero-order chi connectivity index (χ0) is 13.2. The van der Waals surface area contributed by atoms with Crippen molar-refractivity contribution in [3.05, 3.63) is 11.7 Å². The second-order valence-corrected chi connectivity index (χ2v) is 3.96. The molecule has 6 nitrogen and oxygen atoms in total. The molecule has 1 aliphatic heterocycles. The van der Waals surface area contributed by atoms with Gasteiger partial charge in [0.15, 0.2) is 5.82 Å². The minimum absolute atomic E-state index is 0.0633. The summed E-state index contributed by atoms with van der Waals surface area (Å²) in [5.41, 5.74) is 5.74. The number of ether oxygens (including phenoxy) is 2. The zero-order valence-electron chi connectivity index (χ0n) is 9.31. The molecule has 0 saturated carbocycles. The summed E-state index contributed by atoms with van der Waals surface area (Å²) in [6.45, 7) is -0.937. The van der Waals surface area contributed by atoms with E-state index in [1.54, 1.807) is 0 Å². The molecule has 2 N–H and O–H groups in total. The molecule has 1 fully saturated rings. The van der Waals surface area contributed by atoms with E-state index in [0.717, 1.165) is 0 Å². The van der Waals surface area contributed by atoms with Gasteiger partial charge in [0.05, 0.1) is 19.1 Å². The summed E-state index contributed by atoms with van der Waals surface area (Å²) < 4.78 is 50.0. The fraction of sp³-hybridized carbons (Fsp3) is 0.778. The molecule has 1 aliphatic rings. The molecule has 0 bridgehead atoms. The van der Waals surface area contributed by atoms with Gasteiger partial charge >= 0.3 is 6.18 Å². The molecule has 1 saturated heterocycles. The summed E-state index contributed by atoms with van der Waals surface area (Å²) in [5, 5.41) is 3.53. The second-order valence-electron chi connectivity index (χ2n) is 3.96. The number of rotatable bonds is 4. The fourth-order valence-electron chi connectivity index (χ4n) is 1.56. The molecule has 0 aromatic carbocycles. The van der Waals surface area contributed by atoms with Gasteiger partial charge in [-0.05, 0) is 0 Å². The van der Waals surface area contributed by atoms with E-state index in [-0.39, 0.29) is 30.3 Å². The van der Waals surface area contributed by atoms with Crippen LogP contribution in [0.1, 0.15) is 17.6 Å². The van der Waals surface area contributed by atoms with E-state index in [1.807, 2.05) is 0 Å². The van der Waals surface area contributed by atoms with Gasteiger partial charge in [-0.15, -0.1) is 0 Å². The van der Waals surface area contributed by atoms with Crippen LogP contribution in [0.15, 0.2) is 4.52 Å². The Hall–Kier alpha value is -1.19. The highest BCUT2D eigenvalue weighted by molar-refractivity contribution is 5.01. The van der Waals surface area contributed by atoms with Crippen LogP contribution in [0.4, 0.5) is 13.2 Å². The average molecular weight is 267 g/mol. The van der Waals surface area contributed by atoms with Crippen molar-refractivity contribution in [2.24, 2.45) is 5.73 Å². The number of nitrogens with two attached hydrogens (primary N) is 1. The topological polar surface area (TPSA) is 83.4 Å². The van der Waals surface area contributed by atoms with E-state index >= 15 is 0 Å². The Labute approximate surface area is 100 Å². The lowest BCUT2D eigenvalue weighted by atomic mass is 10.1. The lowest BCUT2D eigenvalue weighted by Gasteiger charge is -2.06. The monoisotopic (exact) mass is 267 g/mol. The number of hydrogen-bond acceptors (Lipinski definition) is 6. The summed E-state index contributed by atoms with van der Waals surface area (Å²) >= 11 is 0. The van der Waals surface area contributed by atoms with Crippen LogP contribution in [-0.2, 0) is 16.1 Å². The van der Waals surface area contributed by atoms with Crippen LogP contribution in [-0.4, -0.2) is 42.2 Å². The van der Waals surface area contributed by atoms with Crippen molar-refractivity contribution in [1.82, 2.24) is 10.1 Å². The molecule has 2 heterocycles. The molecule has 1 aromatic heterocycles. The third-order valence-corrected chi connectivity index (χ3v) is 2.42. The first kappa shape index (κ1) is 13.2. The first-order valence-electron chi connectivity index (χ1n) is 5.26. The van der Waals surface area contributed by atoms with Crippen LogP contribution >= 0.6 is 0 Å². The first-order valence-corrected chi connectivity index (χ1v) is 5.26. The number of hydrogen-bond donors (Lipinski definition) is 1. The minimum atomic E-state index is -4.37. The predicted octanol–water partition coefficient (Wildman–Crippen LogP) is 0.590. The number of halogens is 3. The van der Waals surface area contributed by atoms with Gasteiger partial charge in [-0.2, -0.15) is 18.2 Å². The highest BCUT2D eigenvalue weighted by Crippen LogP contribution is 2.23. The van der Waals surface area contributed by atoms with Crippen molar-refractivity contribution in [3.8, 4) is 0 Å². The van der Waals surface area contributed by atoms with Gasteiger partial charge in [-0.25, -0.2) is 0 Å². The molecule has 2 atom stereocenters. The molecular formula is C9H12F3N3O3. The average Bonchev–Trinajstić information content (AvgIpc) is 2.84. The standard InChI is InChI=1S/C9H12F3N3O3/c10-9(11,12)4-17-3-7-14-8(18-15-7)5-1-16-2-6(5)13/h5-6H,1-4,13H2. The summed E-state index contributed by atoms with van der Waals surface area (Å²) in [5.74, 6) is 0.118. The highest BCUT2D eigenvalue weighted by atomic mass is 19.4. The lowest BCUT2D eigenvalue weighted by Crippen LogP contribution is -2.27. The van der Waals surface area contributed by atoms with Crippen molar-refractivity contribution < 1.29 is 27.2 Å². The van der Waals surface area contributed by atoms with E-state index < -0.39 is 12.8 Å². The first-order chi connectivity index (χ1) is 8.46. The Morgan fingerprint density at radius 2 is 2.17 bits per heavy atom. The number of alkyl halides is 3. The third kappa shape index (κ3) is 3.40. The molecule has 1 aromatic rings. The van der Waals surface area contributed by atoms with Crippen LogP contribution in [0.5, 0.6) is 0 Å². The molecule has 2 unspecified atom stereocenters. The van der Waals surface area contributed by atoms with Gasteiger partial charge in [0.1, 0.15) is 13.2 Å². The molecule has 0 amide bonds. The third-order valence-electron chi connectivity index (χ3n) is 2.42. The number of aromatic nitrogens is 2. The maximum Gasteiger partial charge on any atom is 0.411 e. The van der Waals surface area contributed by atoms with Gasteiger partial charge in [-0.3, -0.25) is 0 Å². The van der Waals surface area contributed by atoms with Crippen molar-refractivity contribution in [1.29, 1.82) is 0 Å². The predicted molar refractivity (Wildman–Crippen MR) is 51.5 cm³/mol. The van der Waals surface area contributed by atoms with E-state index in [1.165, 1.54) is 0 Å². The Morgan fingerprint density at radius 3 is 2.78 bits per heavy atom.